The maximum Gasteiger partial charge on any atom is 0.198 e. The predicted molar refractivity (Wildman–Crippen MR) is 84.5 cm³/mol. The molecule has 0 atom stereocenters. The summed E-state index contributed by atoms with van der Waals surface area (Å²) >= 11 is 0. The Labute approximate surface area is 121 Å². The Morgan fingerprint density at radius 1 is 1.25 bits per heavy atom. The first-order valence-electron chi connectivity index (χ1n) is 7.74. The maximum atomic E-state index is 4.81. The smallest absolute Gasteiger partial charge is 0.198 e. The molecule has 1 fully saturated rings. The summed E-state index contributed by atoms with van der Waals surface area (Å²) in [5.41, 5.74) is 2.75. The van der Waals surface area contributed by atoms with Crippen molar-refractivity contribution < 1.29 is 0 Å². The van der Waals surface area contributed by atoms with Crippen LogP contribution in [0.2, 0.25) is 0 Å². The van der Waals surface area contributed by atoms with E-state index in [1.165, 1.54) is 30.8 Å². The topological polar surface area (TPSA) is 30.9 Å². The summed E-state index contributed by atoms with van der Waals surface area (Å²) in [6, 6.07) is 8.65. The Kier molecular flexibility index (Phi) is 4.21. The molecule has 20 heavy (non-hydrogen) atoms. The van der Waals surface area contributed by atoms with E-state index in [-0.39, 0.29) is 0 Å². The normalized spacial score (nSPS) is 18.9. The van der Waals surface area contributed by atoms with Gasteiger partial charge in [0.05, 0.1) is 6.54 Å². The highest BCUT2D eigenvalue weighted by Crippen LogP contribution is 2.27. The summed E-state index contributed by atoms with van der Waals surface area (Å²) in [4.78, 5) is 9.60. The van der Waals surface area contributed by atoms with Crippen molar-refractivity contribution in [2.45, 2.75) is 19.8 Å². The molecule has 1 saturated heterocycles. The fourth-order valence-electron chi connectivity index (χ4n) is 2.86. The summed E-state index contributed by atoms with van der Waals surface area (Å²) < 4.78 is 0. The Morgan fingerprint density at radius 2 is 2.10 bits per heavy atom. The van der Waals surface area contributed by atoms with Crippen molar-refractivity contribution in [3.05, 3.63) is 29.8 Å². The quantitative estimate of drug-likeness (QED) is 0.669. The van der Waals surface area contributed by atoms with Crippen molar-refractivity contribution in [1.29, 1.82) is 0 Å². The van der Waals surface area contributed by atoms with Gasteiger partial charge >= 0.3 is 0 Å². The molecule has 108 valence electrons. The molecule has 1 N–H and O–H groups in total. The van der Waals surface area contributed by atoms with Crippen molar-refractivity contribution in [1.82, 2.24) is 10.2 Å². The monoisotopic (exact) mass is 272 g/mol. The number of likely N-dealkylation sites (tertiary alicyclic amines) is 1. The van der Waals surface area contributed by atoms with E-state index < -0.39 is 0 Å². The highest BCUT2D eigenvalue weighted by Gasteiger charge is 2.22. The SMILES string of the molecule is CCNC(=NCCN1CCC1)N1CCc2ccccc21. The number of fused-ring (bicyclic) bond motifs is 1. The molecule has 4 nitrogen and oxygen atoms in total. The van der Waals surface area contributed by atoms with Crippen LogP contribution in [0.4, 0.5) is 5.69 Å². The predicted octanol–water partition coefficient (Wildman–Crippen LogP) is 1.72. The molecule has 0 aromatic heterocycles. The van der Waals surface area contributed by atoms with Gasteiger partial charge in [-0.3, -0.25) is 4.99 Å². The summed E-state index contributed by atoms with van der Waals surface area (Å²) in [5, 5.41) is 3.43. The molecule has 1 aromatic rings. The first-order valence-corrected chi connectivity index (χ1v) is 7.74. The minimum Gasteiger partial charge on any atom is -0.356 e. The minimum absolute atomic E-state index is 0.890. The van der Waals surface area contributed by atoms with E-state index in [1.54, 1.807) is 0 Å². The number of guanidine groups is 1. The lowest BCUT2D eigenvalue weighted by Crippen LogP contribution is -2.42. The van der Waals surface area contributed by atoms with Gasteiger partial charge in [0.1, 0.15) is 0 Å². The number of rotatable bonds is 4. The number of nitrogens with one attached hydrogen (secondary N) is 1. The lowest BCUT2D eigenvalue weighted by atomic mass is 10.2. The molecule has 0 saturated carbocycles. The van der Waals surface area contributed by atoms with Gasteiger partial charge < -0.3 is 15.1 Å². The Morgan fingerprint density at radius 3 is 2.85 bits per heavy atom. The molecular weight excluding hydrogens is 248 g/mol. The Hall–Kier alpha value is -1.55. The second kappa shape index (κ2) is 6.27. The van der Waals surface area contributed by atoms with E-state index in [1.807, 2.05) is 0 Å². The second-order valence-electron chi connectivity index (χ2n) is 5.46. The number of para-hydroxylation sites is 1. The molecule has 0 amide bonds. The highest BCUT2D eigenvalue weighted by atomic mass is 15.3. The van der Waals surface area contributed by atoms with Crippen LogP contribution in [0.25, 0.3) is 0 Å². The Bertz CT molecular complexity index is 479. The average Bonchev–Trinajstić information content (AvgIpc) is 2.84. The van der Waals surface area contributed by atoms with Crippen LogP contribution in [0.15, 0.2) is 29.3 Å². The van der Waals surface area contributed by atoms with Gasteiger partial charge in [-0.05, 0) is 44.5 Å². The van der Waals surface area contributed by atoms with Gasteiger partial charge in [0.2, 0.25) is 0 Å². The van der Waals surface area contributed by atoms with Crippen LogP contribution in [0.3, 0.4) is 0 Å². The van der Waals surface area contributed by atoms with Crippen LogP contribution >= 0.6 is 0 Å². The zero-order valence-electron chi connectivity index (χ0n) is 12.3. The van der Waals surface area contributed by atoms with Gasteiger partial charge in [0, 0.05) is 25.3 Å². The molecule has 0 spiro atoms. The van der Waals surface area contributed by atoms with Crippen LogP contribution in [0.1, 0.15) is 18.9 Å². The number of benzene rings is 1. The van der Waals surface area contributed by atoms with Gasteiger partial charge in [0.15, 0.2) is 5.96 Å². The van der Waals surface area contributed by atoms with Gasteiger partial charge in [-0.15, -0.1) is 0 Å². The standard InChI is InChI=1S/C16H24N4/c1-2-17-16(18-9-13-19-10-5-11-19)20-12-8-14-6-3-4-7-15(14)20/h3-4,6-7H,2,5,8-13H2,1H3,(H,17,18). The van der Waals surface area contributed by atoms with Crippen LogP contribution in [-0.4, -0.2) is 50.1 Å². The molecule has 0 bridgehead atoms. The fourth-order valence-corrected chi connectivity index (χ4v) is 2.86. The zero-order chi connectivity index (χ0) is 13.8. The third-order valence-corrected chi connectivity index (χ3v) is 4.10. The molecular formula is C16H24N4. The molecule has 0 aliphatic carbocycles. The molecule has 3 rings (SSSR count). The third-order valence-electron chi connectivity index (χ3n) is 4.10. The molecule has 1 aromatic carbocycles. The number of hydrogen-bond donors (Lipinski definition) is 1. The third kappa shape index (κ3) is 2.80. The highest BCUT2D eigenvalue weighted by molar-refractivity contribution is 5.97. The summed E-state index contributed by atoms with van der Waals surface area (Å²) in [6.45, 7) is 8.56. The first-order chi connectivity index (χ1) is 9.88. The van der Waals surface area contributed by atoms with Gasteiger partial charge in [-0.25, -0.2) is 0 Å². The Balaban J connectivity index is 1.68. The summed E-state index contributed by atoms with van der Waals surface area (Å²) in [7, 11) is 0. The van der Waals surface area contributed by atoms with Crippen molar-refractivity contribution >= 4 is 11.6 Å². The molecule has 2 aliphatic rings. The van der Waals surface area contributed by atoms with Crippen LogP contribution in [0.5, 0.6) is 0 Å². The van der Waals surface area contributed by atoms with E-state index in [9.17, 15) is 0 Å². The molecule has 0 radical (unpaired) electrons. The number of hydrogen-bond acceptors (Lipinski definition) is 2. The lowest BCUT2D eigenvalue weighted by molar-refractivity contribution is 0.187. The van der Waals surface area contributed by atoms with Crippen molar-refractivity contribution in [2.75, 3.05) is 44.2 Å². The van der Waals surface area contributed by atoms with Crippen LogP contribution < -0.4 is 10.2 Å². The molecule has 2 aliphatic heterocycles. The number of nitrogens with zero attached hydrogens (tertiary/aromatic N) is 3. The average molecular weight is 272 g/mol. The van der Waals surface area contributed by atoms with Crippen molar-refractivity contribution in [2.24, 2.45) is 4.99 Å². The van der Waals surface area contributed by atoms with E-state index in [0.29, 0.717) is 0 Å². The second-order valence-corrected chi connectivity index (χ2v) is 5.46. The largest absolute Gasteiger partial charge is 0.356 e. The van der Waals surface area contributed by atoms with E-state index >= 15 is 0 Å². The zero-order valence-corrected chi connectivity index (χ0v) is 12.3. The lowest BCUT2D eigenvalue weighted by Gasteiger charge is -2.30. The van der Waals surface area contributed by atoms with E-state index in [0.717, 1.165) is 38.6 Å². The number of anilines is 1. The molecule has 0 unspecified atom stereocenters. The molecule has 2 heterocycles. The van der Waals surface area contributed by atoms with Gasteiger partial charge in [-0.1, -0.05) is 18.2 Å². The fraction of sp³-hybridized carbons (Fsp3) is 0.562. The summed E-state index contributed by atoms with van der Waals surface area (Å²) in [5.74, 6) is 1.04. The summed E-state index contributed by atoms with van der Waals surface area (Å²) in [6.07, 6.45) is 2.47. The van der Waals surface area contributed by atoms with Crippen molar-refractivity contribution in [3.63, 3.8) is 0 Å². The maximum absolute atomic E-state index is 4.81. The van der Waals surface area contributed by atoms with Crippen LogP contribution in [-0.2, 0) is 6.42 Å². The molecule has 4 heteroatoms. The first kappa shape index (κ1) is 13.4. The van der Waals surface area contributed by atoms with Crippen LogP contribution in [0, 0.1) is 0 Å². The van der Waals surface area contributed by atoms with Gasteiger partial charge in [0.25, 0.3) is 0 Å². The van der Waals surface area contributed by atoms with E-state index in [2.05, 4.69) is 46.3 Å². The van der Waals surface area contributed by atoms with Gasteiger partial charge in [-0.2, -0.15) is 0 Å². The minimum atomic E-state index is 0.890. The van der Waals surface area contributed by atoms with E-state index in [4.69, 9.17) is 4.99 Å². The van der Waals surface area contributed by atoms with Crippen molar-refractivity contribution in [3.8, 4) is 0 Å². The number of aliphatic imine (C=N–C) groups is 1.